The van der Waals surface area contributed by atoms with E-state index in [1.165, 1.54) is 0 Å². The lowest BCUT2D eigenvalue weighted by Crippen LogP contribution is -2.30. The fourth-order valence-electron chi connectivity index (χ4n) is 2.17. The number of rotatable bonds is 4. The second-order valence-electron chi connectivity index (χ2n) is 4.84. The molecule has 1 aliphatic heterocycles. The molecule has 6 heteroatoms. The molecule has 2 amide bonds. The summed E-state index contributed by atoms with van der Waals surface area (Å²) < 4.78 is 11.0. The van der Waals surface area contributed by atoms with Crippen molar-refractivity contribution in [3.05, 3.63) is 48.3 Å². The molecule has 0 atom stereocenters. The first-order valence-electron chi connectivity index (χ1n) is 7.15. The highest BCUT2D eigenvalue weighted by Gasteiger charge is 2.11. The summed E-state index contributed by atoms with van der Waals surface area (Å²) in [4.78, 5) is 15.6. The number of nitrogens with one attached hydrogen (secondary N) is 2. The predicted octanol–water partition coefficient (Wildman–Crippen LogP) is 2.22. The third-order valence-electron chi connectivity index (χ3n) is 3.24. The summed E-state index contributed by atoms with van der Waals surface area (Å²) in [6.07, 6.45) is 3.98. The number of amides is 2. The van der Waals surface area contributed by atoms with E-state index < -0.39 is 0 Å². The minimum Gasteiger partial charge on any atom is -0.486 e. The molecule has 0 radical (unpaired) electrons. The Labute approximate surface area is 128 Å². The van der Waals surface area contributed by atoms with Crippen LogP contribution in [-0.2, 0) is 6.42 Å². The van der Waals surface area contributed by atoms with Crippen LogP contribution >= 0.6 is 0 Å². The maximum absolute atomic E-state index is 11.7. The number of nitrogens with zero attached hydrogens (tertiary/aromatic N) is 1. The second-order valence-corrected chi connectivity index (χ2v) is 4.84. The van der Waals surface area contributed by atoms with Crippen molar-refractivity contribution < 1.29 is 14.3 Å². The van der Waals surface area contributed by atoms with Gasteiger partial charge in [-0.3, -0.25) is 4.98 Å². The maximum Gasteiger partial charge on any atom is 0.319 e. The van der Waals surface area contributed by atoms with Crippen LogP contribution < -0.4 is 20.1 Å². The number of pyridine rings is 1. The number of fused-ring (bicyclic) bond motifs is 1. The number of anilines is 1. The molecule has 0 saturated carbocycles. The van der Waals surface area contributed by atoms with Gasteiger partial charge in [-0.25, -0.2) is 4.79 Å². The van der Waals surface area contributed by atoms with Crippen molar-refractivity contribution in [3.63, 3.8) is 0 Å². The number of urea groups is 1. The molecule has 3 rings (SSSR count). The zero-order valence-electron chi connectivity index (χ0n) is 12.0. The highest BCUT2D eigenvalue weighted by atomic mass is 16.6. The molecule has 1 aliphatic rings. The third-order valence-corrected chi connectivity index (χ3v) is 3.24. The van der Waals surface area contributed by atoms with Crippen LogP contribution in [0.15, 0.2) is 42.7 Å². The molecule has 0 aliphatic carbocycles. The number of hydrogen-bond donors (Lipinski definition) is 2. The summed E-state index contributed by atoms with van der Waals surface area (Å²) in [6.45, 7) is 1.70. The summed E-state index contributed by atoms with van der Waals surface area (Å²) >= 11 is 0. The van der Waals surface area contributed by atoms with Crippen LogP contribution in [0.4, 0.5) is 10.5 Å². The number of hydrogen-bond acceptors (Lipinski definition) is 4. The van der Waals surface area contributed by atoms with Gasteiger partial charge in [0.25, 0.3) is 0 Å². The van der Waals surface area contributed by atoms with Gasteiger partial charge in [-0.15, -0.1) is 0 Å². The molecule has 2 heterocycles. The Kier molecular flexibility index (Phi) is 4.38. The molecule has 114 valence electrons. The van der Waals surface area contributed by atoms with Gasteiger partial charge in [-0.1, -0.05) is 6.07 Å². The van der Waals surface area contributed by atoms with Crippen molar-refractivity contribution in [2.75, 3.05) is 25.1 Å². The minimum absolute atomic E-state index is 0.233. The minimum atomic E-state index is -0.233. The Morgan fingerprint density at radius 1 is 1.09 bits per heavy atom. The zero-order chi connectivity index (χ0) is 15.2. The van der Waals surface area contributed by atoms with Crippen LogP contribution in [0.2, 0.25) is 0 Å². The number of carbonyl (C=O) groups is 1. The summed E-state index contributed by atoms with van der Waals surface area (Å²) in [5.41, 5.74) is 1.81. The summed E-state index contributed by atoms with van der Waals surface area (Å²) in [6, 6.07) is 9.08. The van der Waals surface area contributed by atoms with Crippen molar-refractivity contribution in [3.8, 4) is 11.5 Å². The molecule has 2 N–H and O–H groups in total. The van der Waals surface area contributed by atoms with Crippen molar-refractivity contribution in [1.29, 1.82) is 0 Å². The molecule has 6 nitrogen and oxygen atoms in total. The van der Waals surface area contributed by atoms with Crippen LogP contribution in [0.5, 0.6) is 11.5 Å². The van der Waals surface area contributed by atoms with E-state index in [1.807, 2.05) is 18.2 Å². The monoisotopic (exact) mass is 299 g/mol. The summed E-state index contributed by atoms with van der Waals surface area (Å²) in [5, 5.41) is 5.56. The van der Waals surface area contributed by atoms with Gasteiger partial charge in [0.1, 0.15) is 13.2 Å². The van der Waals surface area contributed by atoms with Gasteiger partial charge in [0.05, 0.1) is 0 Å². The van der Waals surface area contributed by atoms with Crippen molar-refractivity contribution in [2.24, 2.45) is 0 Å². The Bertz CT molecular complexity index is 646. The zero-order valence-corrected chi connectivity index (χ0v) is 12.0. The van der Waals surface area contributed by atoms with Crippen LogP contribution in [0.1, 0.15) is 5.56 Å². The lowest BCUT2D eigenvalue weighted by molar-refractivity contribution is 0.171. The van der Waals surface area contributed by atoms with E-state index in [4.69, 9.17) is 9.47 Å². The molecule has 0 fully saturated rings. The molecule has 22 heavy (non-hydrogen) atoms. The largest absolute Gasteiger partial charge is 0.486 e. The van der Waals surface area contributed by atoms with Gasteiger partial charge < -0.3 is 20.1 Å². The summed E-state index contributed by atoms with van der Waals surface area (Å²) in [5.74, 6) is 1.54. The number of benzene rings is 1. The fraction of sp³-hybridized carbons (Fsp3) is 0.250. The van der Waals surface area contributed by atoms with E-state index in [0.29, 0.717) is 25.4 Å². The molecule has 1 aromatic carbocycles. The third kappa shape index (κ3) is 3.66. The Morgan fingerprint density at radius 3 is 2.68 bits per heavy atom. The van der Waals surface area contributed by atoms with E-state index in [0.717, 1.165) is 23.5 Å². The van der Waals surface area contributed by atoms with E-state index in [2.05, 4.69) is 15.6 Å². The number of carbonyl (C=O) groups excluding carboxylic acids is 1. The first kappa shape index (κ1) is 14.2. The van der Waals surface area contributed by atoms with Gasteiger partial charge in [0, 0.05) is 24.6 Å². The van der Waals surface area contributed by atoms with Crippen molar-refractivity contribution in [2.45, 2.75) is 6.42 Å². The van der Waals surface area contributed by atoms with E-state index in [-0.39, 0.29) is 6.03 Å². The fourth-order valence-corrected chi connectivity index (χ4v) is 2.17. The Balaban J connectivity index is 1.47. The standard InChI is InChI=1S/C16H17N3O3/c20-16(19-13-4-6-17-7-5-13)18-8-3-12-1-2-14-15(11-12)22-10-9-21-14/h1-2,4-7,11H,3,8-10H2,(H2,17,18,19,20). The molecule has 0 unspecified atom stereocenters. The van der Waals surface area contributed by atoms with Gasteiger partial charge in [-0.05, 0) is 36.2 Å². The number of aromatic nitrogens is 1. The summed E-state index contributed by atoms with van der Waals surface area (Å²) in [7, 11) is 0. The Hall–Kier alpha value is -2.76. The second kappa shape index (κ2) is 6.80. The van der Waals surface area contributed by atoms with Crippen molar-refractivity contribution in [1.82, 2.24) is 10.3 Å². The van der Waals surface area contributed by atoms with Crippen LogP contribution in [0, 0.1) is 0 Å². The van der Waals surface area contributed by atoms with E-state index in [1.54, 1.807) is 24.5 Å². The van der Waals surface area contributed by atoms with Gasteiger partial charge in [-0.2, -0.15) is 0 Å². The quantitative estimate of drug-likeness (QED) is 0.908. The highest BCUT2D eigenvalue weighted by Crippen LogP contribution is 2.30. The molecule has 2 aromatic rings. The molecular weight excluding hydrogens is 282 g/mol. The topological polar surface area (TPSA) is 72.5 Å². The predicted molar refractivity (Wildman–Crippen MR) is 82.4 cm³/mol. The molecule has 0 bridgehead atoms. The average molecular weight is 299 g/mol. The molecule has 0 saturated heterocycles. The van der Waals surface area contributed by atoms with Crippen molar-refractivity contribution >= 4 is 11.7 Å². The van der Waals surface area contributed by atoms with Crippen LogP contribution in [0.3, 0.4) is 0 Å². The van der Waals surface area contributed by atoms with Gasteiger partial charge in [0.2, 0.25) is 0 Å². The smallest absolute Gasteiger partial charge is 0.319 e. The molecule has 0 spiro atoms. The van der Waals surface area contributed by atoms with E-state index >= 15 is 0 Å². The van der Waals surface area contributed by atoms with Crippen LogP contribution in [0.25, 0.3) is 0 Å². The number of ether oxygens (including phenoxy) is 2. The lowest BCUT2D eigenvalue weighted by Gasteiger charge is -2.18. The molecule has 1 aromatic heterocycles. The van der Waals surface area contributed by atoms with Crippen LogP contribution in [-0.4, -0.2) is 30.8 Å². The molecular formula is C16H17N3O3. The first-order valence-corrected chi connectivity index (χ1v) is 7.15. The lowest BCUT2D eigenvalue weighted by atomic mass is 10.1. The van der Waals surface area contributed by atoms with E-state index in [9.17, 15) is 4.79 Å². The van der Waals surface area contributed by atoms with Gasteiger partial charge in [0.15, 0.2) is 11.5 Å². The highest BCUT2D eigenvalue weighted by molar-refractivity contribution is 5.89. The average Bonchev–Trinajstić information content (AvgIpc) is 2.55. The first-order chi connectivity index (χ1) is 10.8. The van der Waals surface area contributed by atoms with Gasteiger partial charge >= 0.3 is 6.03 Å². The SMILES string of the molecule is O=C(NCCc1ccc2c(c1)OCCO2)Nc1ccncc1. The Morgan fingerprint density at radius 2 is 1.86 bits per heavy atom. The normalized spacial score (nSPS) is 12.5. The maximum atomic E-state index is 11.7.